The SMILES string of the molecule is CCN(CC)[SiH](CCl)O[Si](C)(C)C(C)(C)C. The van der Waals surface area contributed by atoms with Gasteiger partial charge >= 0.3 is 0 Å². The maximum atomic E-state index is 6.47. The van der Waals surface area contributed by atoms with Gasteiger partial charge in [-0.05, 0) is 31.2 Å². The van der Waals surface area contributed by atoms with Crippen LogP contribution in [0.1, 0.15) is 34.6 Å². The van der Waals surface area contributed by atoms with Gasteiger partial charge in [0.2, 0.25) is 0 Å². The minimum absolute atomic E-state index is 0.275. The number of nitrogens with zero attached hydrogens (tertiary/aromatic N) is 1. The van der Waals surface area contributed by atoms with Crippen LogP contribution in [-0.4, -0.2) is 40.7 Å². The Bertz CT molecular complexity index is 203. The van der Waals surface area contributed by atoms with E-state index in [2.05, 4.69) is 52.3 Å². The summed E-state index contributed by atoms with van der Waals surface area (Å²) in [5.74, 6) is 0. The highest BCUT2D eigenvalue weighted by molar-refractivity contribution is 6.81. The molecule has 0 fully saturated rings. The smallest absolute Gasteiger partial charge is 0.259 e. The molecule has 98 valence electrons. The van der Waals surface area contributed by atoms with Crippen LogP contribution in [0.3, 0.4) is 0 Å². The van der Waals surface area contributed by atoms with Crippen molar-refractivity contribution in [3.63, 3.8) is 0 Å². The molecule has 0 aliphatic carbocycles. The molecule has 0 saturated heterocycles. The molecule has 5 heteroatoms. The minimum Gasteiger partial charge on any atom is -0.445 e. The van der Waals surface area contributed by atoms with E-state index in [4.69, 9.17) is 15.7 Å². The Balaban J connectivity index is 4.65. The number of halogens is 1. The first kappa shape index (κ1) is 16.6. The van der Waals surface area contributed by atoms with Gasteiger partial charge in [-0.15, -0.1) is 11.6 Å². The molecular weight excluding hydrogens is 254 g/mol. The molecule has 0 aliphatic heterocycles. The van der Waals surface area contributed by atoms with Gasteiger partial charge < -0.3 is 8.68 Å². The van der Waals surface area contributed by atoms with E-state index in [0.29, 0.717) is 5.50 Å². The van der Waals surface area contributed by atoms with Crippen LogP contribution >= 0.6 is 11.6 Å². The molecule has 2 nitrogen and oxygen atoms in total. The maximum Gasteiger partial charge on any atom is 0.259 e. The van der Waals surface area contributed by atoms with Crippen LogP contribution in [0.15, 0.2) is 0 Å². The van der Waals surface area contributed by atoms with E-state index in [1.165, 1.54) is 0 Å². The van der Waals surface area contributed by atoms with Crippen molar-refractivity contribution >= 4 is 29.1 Å². The number of hydrogen-bond donors (Lipinski definition) is 0. The third kappa shape index (κ3) is 4.49. The molecule has 0 N–H and O–H groups in total. The fourth-order valence-electron chi connectivity index (χ4n) is 1.35. The summed E-state index contributed by atoms with van der Waals surface area (Å²) in [6.45, 7) is 17.9. The summed E-state index contributed by atoms with van der Waals surface area (Å²) in [4.78, 5) is 0. The minimum atomic E-state index is -1.65. The fraction of sp³-hybridized carbons (Fsp3) is 1.00. The van der Waals surface area contributed by atoms with E-state index in [9.17, 15) is 0 Å². The molecule has 1 unspecified atom stereocenters. The van der Waals surface area contributed by atoms with Crippen LogP contribution in [0, 0.1) is 0 Å². The second-order valence-corrected chi connectivity index (χ2v) is 14.0. The topological polar surface area (TPSA) is 12.5 Å². The molecule has 0 aromatic carbocycles. The summed E-state index contributed by atoms with van der Waals surface area (Å²) >= 11 is 6.09. The third-order valence-electron chi connectivity index (χ3n) is 3.59. The molecule has 0 aliphatic rings. The van der Waals surface area contributed by atoms with Gasteiger partial charge in [0.1, 0.15) is 0 Å². The first-order valence-electron chi connectivity index (χ1n) is 6.17. The largest absolute Gasteiger partial charge is 0.445 e. The highest BCUT2D eigenvalue weighted by atomic mass is 35.5. The van der Waals surface area contributed by atoms with E-state index in [1.807, 2.05) is 0 Å². The van der Waals surface area contributed by atoms with Crippen LogP contribution < -0.4 is 0 Å². The van der Waals surface area contributed by atoms with Crippen molar-refractivity contribution in [1.82, 2.24) is 4.57 Å². The second-order valence-electron chi connectivity index (χ2n) is 5.71. The van der Waals surface area contributed by atoms with Gasteiger partial charge in [-0.1, -0.05) is 34.6 Å². The summed E-state index contributed by atoms with van der Waals surface area (Å²) < 4.78 is 8.89. The lowest BCUT2D eigenvalue weighted by atomic mass is 10.2. The van der Waals surface area contributed by atoms with Crippen LogP contribution in [0.4, 0.5) is 0 Å². The summed E-state index contributed by atoms with van der Waals surface area (Å²) in [6, 6.07) is 0. The molecule has 0 bridgehead atoms. The maximum absolute atomic E-state index is 6.47. The van der Waals surface area contributed by atoms with Crippen molar-refractivity contribution in [3.05, 3.63) is 0 Å². The lowest BCUT2D eigenvalue weighted by Gasteiger charge is -2.41. The lowest BCUT2D eigenvalue weighted by molar-refractivity contribution is 0.383. The highest BCUT2D eigenvalue weighted by Gasteiger charge is 2.39. The molecule has 0 rings (SSSR count). The van der Waals surface area contributed by atoms with Gasteiger partial charge in [-0.3, -0.25) is 0 Å². The van der Waals surface area contributed by atoms with E-state index >= 15 is 0 Å². The van der Waals surface area contributed by atoms with E-state index in [1.54, 1.807) is 0 Å². The molecule has 0 spiro atoms. The van der Waals surface area contributed by atoms with Crippen molar-refractivity contribution in [2.24, 2.45) is 0 Å². The Kier molecular flexibility index (Phi) is 6.81. The van der Waals surface area contributed by atoms with Gasteiger partial charge in [-0.2, -0.15) is 0 Å². The normalized spacial score (nSPS) is 15.6. The standard InChI is InChI=1S/C11H28ClNOSi2/c1-8-13(9-2)15(10-12)14-16(6,7)11(3,4)5/h15H,8-10H2,1-7H3. The Morgan fingerprint density at radius 3 is 1.88 bits per heavy atom. The van der Waals surface area contributed by atoms with E-state index in [0.717, 1.165) is 13.1 Å². The zero-order chi connectivity index (χ0) is 13.0. The van der Waals surface area contributed by atoms with Crippen LogP contribution in [0.25, 0.3) is 0 Å². The van der Waals surface area contributed by atoms with Gasteiger partial charge in [0, 0.05) is 0 Å². The Hall–Kier alpha value is 0.644. The van der Waals surface area contributed by atoms with Crippen LogP contribution in [-0.2, 0) is 4.12 Å². The van der Waals surface area contributed by atoms with E-state index in [-0.39, 0.29) is 5.04 Å². The zero-order valence-corrected chi connectivity index (χ0v) is 14.8. The van der Waals surface area contributed by atoms with E-state index < -0.39 is 17.5 Å². The Labute approximate surface area is 109 Å². The third-order valence-corrected chi connectivity index (χ3v) is 13.2. The summed E-state index contributed by atoms with van der Waals surface area (Å²) in [7, 11) is -3.04. The van der Waals surface area contributed by atoms with Gasteiger partial charge in [0.25, 0.3) is 9.20 Å². The average molecular weight is 282 g/mol. The number of hydrogen-bond acceptors (Lipinski definition) is 2. The summed E-state index contributed by atoms with van der Waals surface area (Å²) in [5.41, 5.74) is 0.689. The highest BCUT2D eigenvalue weighted by Crippen LogP contribution is 2.37. The van der Waals surface area contributed by atoms with Crippen molar-refractivity contribution in [1.29, 1.82) is 0 Å². The second kappa shape index (κ2) is 6.54. The molecule has 0 radical (unpaired) electrons. The van der Waals surface area contributed by atoms with Crippen LogP contribution in [0.2, 0.25) is 18.1 Å². The molecule has 0 aromatic rings. The number of alkyl halides is 1. The summed E-state index contributed by atoms with van der Waals surface area (Å²) in [5, 5.41) is 0.275. The van der Waals surface area contributed by atoms with Crippen molar-refractivity contribution in [3.8, 4) is 0 Å². The molecular formula is C11H28ClNOSi2. The zero-order valence-electron chi connectivity index (χ0n) is 11.9. The fourth-order valence-corrected chi connectivity index (χ4v) is 8.50. The van der Waals surface area contributed by atoms with Crippen LogP contribution in [0.5, 0.6) is 0 Å². The quantitative estimate of drug-likeness (QED) is 0.547. The summed E-state index contributed by atoms with van der Waals surface area (Å²) in [6.07, 6.45) is 0. The monoisotopic (exact) mass is 281 g/mol. The predicted molar refractivity (Wildman–Crippen MR) is 79.1 cm³/mol. The van der Waals surface area contributed by atoms with Gasteiger partial charge in [0.05, 0.1) is 5.50 Å². The first-order chi connectivity index (χ1) is 7.19. The first-order valence-corrected chi connectivity index (χ1v) is 11.4. The Morgan fingerprint density at radius 2 is 1.62 bits per heavy atom. The molecule has 1 atom stereocenters. The van der Waals surface area contributed by atoms with Crippen molar-refractivity contribution in [2.75, 3.05) is 18.6 Å². The van der Waals surface area contributed by atoms with Gasteiger partial charge in [-0.25, -0.2) is 0 Å². The Morgan fingerprint density at radius 1 is 1.19 bits per heavy atom. The predicted octanol–water partition coefficient (Wildman–Crippen LogP) is 3.35. The lowest BCUT2D eigenvalue weighted by Crippen LogP contribution is -2.53. The average Bonchev–Trinajstić information content (AvgIpc) is 2.16. The van der Waals surface area contributed by atoms with Crippen molar-refractivity contribution < 1.29 is 4.12 Å². The molecule has 16 heavy (non-hydrogen) atoms. The number of rotatable bonds is 6. The molecule has 0 heterocycles. The van der Waals surface area contributed by atoms with Gasteiger partial charge in [0.15, 0.2) is 8.32 Å². The van der Waals surface area contributed by atoms with Crippen molar-refractivity contribution in [2.45, 2.75) is 52.8 Å². The molecule has 0 saturated carbocycles. The molecule has 0 aromatic heterocycles. The molecule has 0 amide bonds.